The number of imide groups is 1. The number of benzene rings is 2. The molecule has 2 saturated heterocycles. The van der Waals surface area contributed by atoms with Gasteiger partial charge in [0.1, 0.15) is 17.9 Å². The molecule has 8 nitrogen and oxygen atoms in total. The average molecular weight is 419 g/mol. The number of fused-ring (bicyclic) bond motifs is 4. The molecule has 3 aliphatic heterocycles. The summed E-state index contributed by atoms with van der Waals surface area (Å²) in [7, 11) is 0. The first-order valence-corrected chi connectivity index (χ1v) is 10.4. The highest BCUT2D eigenvalue weighted by Crippen LogP contribution is 2.49. The molecule has 0 unspecified atom stereocenters. The molecule has 0 saturated carbocycles. The van der Waals surface area contributed by atoms with E-state index in [1.165, 1.54) is 4.90 Å². The minimum atomic E-state index is -1.27. The zero-order chi connectivity index (χ0) is 21.8. The van der Waals surface area contributed by atoms with E-state index in [2.05, 4.69) is 5.32 Å². The number of hydrogen-bond donors (Lipinski definition) is 3. The van der Waals surface area contributed by atoms with Gasteiger partial charge in [-0.05, 0) is 18.1 Å². The molecule has 0 aromatic heterocycles. The van der Waals surface area contributed by atoms with Crippen molar-refractivity contribution in [3.05, 3.63) is 65.7 Å². The van der Waals surface area contributed by atoms with E-state index in [0.29, 0.717) is 17.7 Å². The molecule has 4 atom stereocenters. The fourth-order valence-corrected chi connectivity index (χ4v) is 5.51. The molecule has 0 aliphatic carbocycles. The Kier molecular flexibility index (Phi) is 4.40. The van der Waals surface area contributed by atoms with Crippen LogP contribution in [0.1, 0.15) is 17.5 Å². The summed E-state index contributed by atoms with van der Waals surface area (Å²) in [5.74, 6) is -3.23. The summed E-state index contributed by atoms with van der Waals surface area (Å²) in [6.45, 7) is 0.233. The second-order valence-corrected chi connectivity index (χ2v) is 8.44. The highest BCUT2D eigenvalue weighted by molar-refractivity contribution is 6.14. The molecule has 31 heavy (non-hydrogen) atoms. The predicted octanol–water partition coefficient (Wildman–Crippen LogP) is -0.501. The van der Waals surface area contributed by atoms with Crippen LogP contribution in [-0.4, -0.2) is 41.1 Å². The number of para-hydroxylation sites is 1. The van der Waals surface area contributed by atoms with Gasteiger partial charge in [-0.3, -0.25) is 24.1 Å². The van der Waals surface area contributed by atoms with E-state index in [1.807, 2.05) is 30.3 Å². The second-order valence-electron chi connectivity index (χ2n) is 8.44. The lowest BCUT2D eigenvalue weighted by Gasteiger charge is -2.26. The maximum absolute atomic E-state index is 13.6. The smallest absolute Gasteiger partial charge is 0.291 e. The number of nitrogens with zero attached hydrogens (tertiary/aromatic N) is 1. The maximum atomic E-state index is 13.6. The minimum Gasteiger partial charge on any atom is -0.369 e. The van der Waals surface area contributed by atoms with Gasteiger partial charge in [0.2, 0.25) is 23.3 Å². The summed E-state index contributed by atoms with van der Waals surface area (Å²) < 4.78 is 0. The number of rotatable bonds is 5. The average Bonchev–Trinajstić information content (AvgIpc) is 3.32. The molecule has 4 amide bonds. The number of likely N-dealkylation sites (tertiary alicyclic amines) is 1. The van der Waals surface area contributed by atoms with E-state index in [-0.39, 0.29) is 30.7 Å². The van der Waals surface area contributed by atoms with Crippen molar-refractivity contribution in [2.24, 2.45) is 17.6 Å². The van der Waals surface area contributed by atoms with Gasteiger partial charge in [-0.2, -0.15) is 0 Å². The first-order chi connectivity index (χ1) is 14.9. The lowest BCUT2D eigenvalue weighted by molar-refractivity contribution is -0.732. The Balaban J connectivity index is 1.53. The first kappa shape index (κ1) is 19.4. The Morgan fingerprint density at radius 1 is 1.03 bits per heavy atom. The third-order valence-corrected chi connectivity index (χ3v) is 6.77. The third kappa shape index (κ3) is 2.79. The zero-order valence-corrected chi connectivity index (χ0v) is 16.8. The number of nitrogens with one attached hydrogen (secondary N) is 1. The number of carbonyl (C=O) groups is 4. The van der Waals surface area contributed by atoms with Crippen molar-refractivity contribution in [3.63, 3.8) is 0 Å². The van der Waals surface area contributed by atoms with E-state index in [4.69, 9.17) is 5.73 Å². The highest BCUT2D eigenvalue weighted by Gasteiger charge is 2.74. The number of carbonyl (C=O) groups excluding carboxylic acids is 4. The van der Waals surface area contributed by atoms with Gasteiger partial charge in [-0.1, -0.05) is 48.5 Å². The van der Waals surface area contributed by atoms with Crippen molar-refractivity contribution < 1.29 is 24.5 Å². The van der Waals surface area contributed by atoms with Gasteiger partial charge >= 0.3 is 0 Å². The molecule has 2 fully saturated rings. The van der Waals surface area contributed by atoms with Gasteiger partial charge in [-0.25, -0.2) is 0 Å². The van der Waals surface area contributed by atoms with Crippen molar-refractivity contribution in [2.45, 2.75) is 24.4 Å². The quantitative estimate of drug-likeness (QED) is 0.565. The molecule has 158 valence electrons. The zero-order valence-electron chi connectivity index (χ0n) is 16.8. The standard InChI is InChI=1S/C23H22N4O4/c24-17(28)12-16-18-19(23(26-16)14-8-4-5-9-15(14)25-22(23)31)21(30)27(20(18)29)11-10-13-6-2-1-3-7-13/h1-9,16,18-19,26H,10-12H2,(H2,24,28)(H,25,31)/p+1/t16-,18+,19-,23+/m0/s1. The lowest BCUT2D eigenvalue weighted by Crippen LogP contribution is -2.99. The van der Waals surface area contributed by atoms with Gasteiger partial charge in [-0.15, -0.1) is 0 Å². The van der Waals surface area contributed by atoms with Crippen LogP contribution in [0.15, 0.2) is 54.6 Å². The molecule has 2 aromatic rings. The largest absolute Gasteiger partial charge is 0.369 e. The van der Waals surface area contributed by atoms with Crippen LogP contribution >= 0.6 is 0 Å². The van der Waals surface area contributed by atoms with Crippen LogP contribution in [-0.2, 0) is 31.1 Å². The lowest BCUT2D eigenvalue weighted by atomic mass is 9.76. The van der Waals surface area contributed by atoms with Crippen LogP contribution in [0.25, 0.3) is 0 Å². The summed E-state index contributed by atoms with van der Waals surface area (Å²) in [5.41, 5.74) is 6.50. The normalized spacial score (nSPS) is 28.7. The molecule has 0 radical (unpaired) electrons. The summed E-state index contributed by atoms with van der Waals surface area (Å²) in [4.78, 5) is 53.2. The monoisotopic (exact) mass is 419 g/mol. The Labute approximate surface area is 178 Å². The molecular weight excluding hydrogens is 396 g/mol. The summed E-state index contributed by atoms with van der Waals surface area (Å²) in [5, 5.41) is 4.58. The van der Waals surface area contributed by atoms with E-state index in [0.717, 1.165) is 5.56 Å². The second kappa shape index (κ2) is 7.02. The number of nitrogens with two attached hydrogens (primary N) is 2. The fourth-order valence-electron chi connectivity index (χ4n) is 5.51. The van der Waals surface area contributed by atoms with Crippen molar-refractivity contribution >= 4 is 29.3 Å². The molecule has 3 aliphatic rings. The van der Waals surface area contributed by atoms with Crippen molar-refractivity contribution in [3.8, 4) is 0 Å². The minimum absolute atomic E-state index is 0.0795. The molecular formula is C23H23N4O4+. The Bertz CT molecular complexity index is 1100. The van der Waals surface area contributed by atoms with Crippen LogP contribution < -0.4 is 16.4 Å². The summed E-state index contributed by atoms with van der Waals surface area (Å²) in [6.07, 6.45) is 0.446. The Hall–Kier alpha value is -3.52. The summed E-state index contributed by atoms with van der Waals surface area (Å²) in [6, 6.07) is 16.2. The van der Waals surface area contributed by atoms with Crippen LogP contribution in [0, 0.1) is 11.8 Å². The third-order valence-electron chi connectivity index (χ3n) is 6.77. The van der Waals surface area contributed by atoms with Gasteiger partial charge in [0, 0.05) is 12.1 Å². The van der Waals surface area contributed by atoms with Crippen LogP contribution in [0.3, 0.4) is 0 Å². The molecule has 3 heterocycles. The Morgan fingerprint density at radius 3 is 2.48 bits per heavy atom. The van der Waals surface area contributed by atoms with Crippen LogP contribution in [0.4, 0.5) is 5.69 Å². The first-order valence-electron chi connectivity index (χ1n) is 10.4. The number of anilines is 1. The number of hydrogen-bond acceptors (Lipinski definition) is 4. The highest BCUT2D eigenvalue weighted by atomic mass is 16.2. The van der Waals surface area contributed by atoms with Gasteiger partial charge in [0.05, 0.1) is 12.1 Å². The van der Waals surface area contributed by atoms with Gasteiger partial charge in [0.25, 0.3) is 5.91 Å². The fraction of sp³-hybridized carbons (Fsp3) is 0.304. The molecule has 0 bridgehead atoms. The van der Waals surface area contributed by atoms with Crippen molar-refractivity contribution in [2.75, 3.05) is 11.9 Å². The molecule has 5 N–H and O–H groups in total. The SMILES string of the molecule is NC(=O)C[C@@H]1[NH2+][C@@]2(C(=O)Nc3ccccc32)[C@@H]2C(=O)N(CCc3ccccc3)C(=O)[C@H]12. The van der Waals surface area contributed by atoms with Crippen molar-refractivity contribution in [1.29, 1.82) is 0 Å². The van der Waals surface area contributed by atoms with Crippen LogP contribution in [0.5, 0.6) is 0 Å². The van der Waals surface area contributed by atoms with E-state index in [1.54, 1.807) is 29.6 Å². The topological polar surface area (TPSA) is 126 Å². The Morgan fingerprint density at radius 2 is 1.74 bits per heavy atom. The van der Waals surface area contributed by atoms with Crippen LogP contribution in [0.2, 0.25) is 0 Å². The van der Waals surface area contributed by atoms with Crippen molar-refractivity contribution in [1.82, 2.24) is 4.90 Å². The molecule has 2 aromatic carbocycles. The molecule has 1 spiro atoms. The number of quaternary nitrogens is 1. The molecule has 8 heteroatoms. The number of primary amides is 1. The number of amides is 4. The van der Waals surface area contributed by atoms with E-state index >= 15 is 0 Å². The molecule has 5 rings (SSSR count). The predicted molar refractivity (Wildman–Crippen MR) is 110 cm³/mol. The van der Waals surface area contributed by atoms with Gasteiger partial charge in [0.15, 0.2) is 0 Å². The summed E-state index contributed by atoms with van der Waals surface area (Å²) >= 11 is 0. The van der Waals surface area contributed by atoms with E-state index in [9.17, 15) is 19.2 Å². The van der Waals surface area contributed by atoms with Gasteiger partial charge < -0.3 is 16.4 Å². The van der Waals surface area contributed by atoms with E-state index < -0.39 is 29.3 Å². The maximum Gasteiger partial charge on any atom is 0.291 e.